The first-order valence-electron chi connectivity index (χ1n) is 7.09. The van der Waals surface area contributed by atoms with Crippen LogP contribution in [0.1, 0.15) is 37.2 Å². The second-order valence-electron chi connectivity index (χ2n) is 5.79. The van der Waals surface area contributed by atoms with Crippen LogP contribution in [0.15, 0.2) is 6.07 Å². The van der Waals surface area contributed by atoms with E-state index < -0.39 is 9.84 Å². The van der Waals surface area contributed by atoms with Crippen LogP contribution >= 0.6 is 0 Å². The van der Waals surface area contributed by atoms with E-state index in [1.165, 1.54) is 6.26 Å². The highest BCUT2D eigenvalue weighted by molar-refractivity contribution is 7.91. The maximum Gasteiger partial charge on any atom is 0.150 e. The highest BCUT2D eigenvalue weighted by atomic mass is 32.2. The van der Waals surface area contributed by atoms with Crippen molar-refractivity contribution < 1.29 is 8.42 Å². The Labute approximate surface area is 121 Å². The van der Waals surface area contributed by atoms with E-state index in [-0.39, 0.29) is 5.25 Å². The van der Waals surface area contributed by atoms with Gasteiger partial charge in [-0.1, -0.05) is 0 Å². The normalized spacial score (nSPS) is 23.6. The summed E-state index contributed by atoms with van der Waals surface area (Å²) in [6.07, 6.45) is 4.85. The maximum atomic E-state index is 11.5. The molecule has 2 rings (SSSR count). The molecule has 5 nitrogen and oxygen atoms in total. The molecule has 0 atom stereocenters. The molecule has 0 unspecified atom stereocenters. The van der Waals surface area contributed by atoms with Crippen LogP contribution in [0.2, 0.25) is 0 Å². The first kappa shape index (κ1) is 15.2. The number of rotatable bonds is 4. The lowest BCUT2D eigenvalue weighted by Gasteiger charge is -2.27. The van der Waals surface area contributed by atoms with Crippen LogP contribution < -0.4 is 5.32 Å². The topological polar surface area (TPSA) is 72.0 Å². The molecule has 20 heavy (non-hydrogen) atoms. The van der Waals surface area contributed by atoms with Crippen molar-refractivity contribution in [3.63, 3.8) is 0 Å². The van der Waals surface area contributed by atoms with Gasteiger partial charge in [0, 0.05) is 24.6 Å². The SMILES string of the molecule is Cc1cc(NCC2CCC(S(C)(=O)=O)CC2)nc(C)n1. The highest BCUT2D eigenvalue weighted by Crippen LogP contribution is 2.28. The molecule has 6 heteroatoms. The number of sulfone groups is 1. The van der Waals surface area contributed by atoms with Crippen molar-refractivity contribution in [3.8, 4) is 0 Å². The number of aryl methyl sites for hydroxylation is 2. The van der Waals surface area contributed by atoms with Gasteiger partial charge in [-0.25, -0.2) is 18.4 Å². The number of anilines is 1. The first-order chi connectivity index (χ1) is 9.34. The molecule has 0 aliphatic heterocycles. The zero-order chi connectivity index (χ0) is 14.8. The Kier molecular flexibility index (Phi) is 4.62. The molecule has 1 aliphatic carbocycles. The third kappa shape index (κ3) is 4.16. The number of hydrogen-bond donors (Lipinski definition) is 1. The predicted molar refractivity (Wildman–Crippen MR) is 80.6 cm³/mol. The number of hydrogen-bond acceptors (Lipinski definition) is 5. The molecule has 0 radical (unpaired) electrons. The first-order valence-corrected chi connectivity index (χ1v) is 9.05. The molecule has 0 spiro atoms. The molecular formula is C14H23N3O2S. The third-order valence-electron chi connectivity index (χ3n) is 3.94. The van der Waals surface area contributed by atoms with Gasteiger partial charge >= 0.3 is 0 Å². The van der Waals surface area contributed by atoms with Gasteiger partial charge in [-0.3, -0.25) is 0 Å². The molecule has 1 N–H and O–H groups in total. The van der Waals surface area contributed by atoms with Crippen LogP contribution in [0, 0.1) is 19.8 Å². The summed E-state index contributed by atoms with van der Waals surface area (Å²) < 4.78 is 23.0. The molecule has 0 amide bonds. The number of aromatic nitrogens is 2. The summed E-state index contributed by atoms with van der Waals surface area (Å²) in [4.78, 5) is 8.60. The van der Waals surface area contributed by atoms with Gasteiger partial charge in [0.1, 0.15) is 21.5 Å². The molecule has 112 valence electrons. The maximum absolute atomic E-state index is 11.5. The zero-order valence-corrected chi connectivity index (χ0v) is 13.2. The molecular weight excluding hydrogens is 274 g/mol. The van der Waals surface area contributed by atoms with Gasteiger partial charge in [-0.15, -0.1) is 0 Å². The number of nitrogens with one attached hydrogen (secondary N) is 1. The van der Waals surface area contributed by atoms with Crippen molar-refractivity contribution >= 4 is 15.7 Å². The van der Waals surface area contributed by atoms with Crippen LogP contribution in [0.5, 0.6) is 0 Å². The minimum Gasteiger partial charge on any atom is -0.370 e. The summed E-state index contributed by atoms with van der Waals surface area (Å²) in [5.41, 5.74) is 0.959. The van der Waals surface area contributed by atoms with Crippen molar-refractivity contribution in [2.24, 2.45) is 5.92 Å². The summed E-state index contributed by atoms with van der Waals surface area (Å²) in [6.45, 7) is 4.69. The molecule has 1 aromatic heterocycles. The fourth-order valence-electron chi connectivity index (χ4n) is 2.82. The fourth-order valence-corrected chi connectivity index (χ4v) is 3.95. The van der Waals surface area contributed by atoms with E-state index in [2.05, 4.69) is 15.3 Å². The molecule has 0 bridgehead atoms. The standard InChI is InChI=1S/C14H23N3O2S/c1-10-8-14(17-11(2)16-10)15-9-12-4-6-13(7-5-12)20(3,18)19/h8,12-13H,4-7,9H2,1-3H3,(H,15,16,17). The number of nitrogens with zero attached hydrogens (tertiary/aromatic N) is 2. The Morgan fingerprint density at radius 1 is 1.20 bits per heavy atom. The van der Waals surface area contributed by atoms with Crippen LogP contribution in [-0.2, 0) is 9.84 Å². The van der Waals surface area contributed by atoms with Crippen molar-refractivity contribution in [1.29, 1.82) is 0 Å². The summed E-state index contributed by atoms with van der Waals surface area (Å²) in [6, 6.07) is 1.94. The molecule has 1 saturated carbocycles. The molecule has 0 saturated heterocycles. The smallest absolute Gasteiger partial charge is 0.150 e. The molecule has 1 fully saturated rings. The Morgan fingerprint density at radius 3 is 2.40 bits per heavy atom. The Morgan fingerprint density at radius 2 is 1.85 bits per heavy atom. The fraction of sp³-hybridized carbons (Fsp3) is 0.714. The predicted octanol–water partition coefficient (Wildman–Crippen LogP) is 2.11. The van der Waals surface area contributed by atoms with E-state index in [0.29, 0.717) is 5.92 Å². The average molecular weight is 297 g/mol. The lowest BCUT2D eigenvalue weighted by atomic mass is 9.89. The largest absolute Gasteiger partial charge is 0.370 e. The second kappa shape index (κ2) is 6.08. The van der Waals surface area contributed by atoms with Gasteiger partial charge < -0.3 is 5.32 Å². The van der Waals surface area contributed by atoms with Gasteiger partial charge in [-0.05, 0) is 45.4 Å². The van der Waals surface area contributed by atoms with E-state index in [9.17, 15) is 8.42 Å². The Balaban J connectivity index is 1.84. The van der Waals surface area contributed by atoms with Crippen molar-refractivity contribution in [3.05, 3.63) is 17.6 Å². The van der Waals surface area contributed by atoms with E-state index in [0.717, 1.165) is 49.6 Å². The Bertz CT molecular complexity index is 544. The van der Waals surface area contributed by atoms with Crippen molar-refractivity contribution in [2.75, 3.05) is 18.1 Å². The zero-order valence-electron chi connectivity index (χ0n) is 12.4. The summed E-state index contributed by atoms with van der Waals surface area (Å²) in [5.74, 6) is 2.16. The monoisotopic (exact) mass is 297 g/mol. The molecule has 0 aromatic carbocycles. The van der Waals surface area contributed by atoms with E-state index in [1.54, 1.807) is 0 Å². The van der Waals surface area contributed by atoms with Gasteiger partial charge in [0.2, 0.25) is 0 Å². The van der Waals surface area contributed by atoms with Gasteiger partial charge in [0.15, 0.2) is 0 Å². The van der Waals surface area contributed by atoms with Gasteiger partial charge in [0.25, 0.3) is 0 Å². The van der Waals surface area contributed by atoms with Crippen molar-refractivity contribution in [1.82, 2.24) is 9.97 Å². The Hall–Kier alpha value is -1.17. The van der Waals surface area contributed by atoms with Crippen LogP contribution in [0.3, 0.4) is 0 Å². The summed E-state index contributed by atoms with van der Waals surface area (Å²) in [5, 5.41) is 3.21. The molecule has 1 heterocycles. The van der Waals surface area contributed by atoms with E-state index >= 15 is 0 Å². The second-order valence-corrected chi connectivity index (χ2v) is 8.12. The van der Waals surface area contributed by atoms with Gasteiger partial charge in [0.05, 0.1) is 5.25 Å². The quantitative estimate of drug-likeness (QED) is 0.921. The van der Waals surface area contributed by atoms with Crippen LogP contribution in [0.4, 0.5) is 5.82 Å². The molecule has 1 aliphatic rings. The summed E-state index contributed by atoms with van der Waals surface area (Å²) >= 11 is 0. The van der Waals surface area contributed by atoms with Crippen molar-refractivity contribution in [2.45, 2.75) is 44.8 Å². The lowest BCUT2D eigenvalue weighted by molar-refractivity contribution is 0.372. The van der Waals surface area contributed by atoms with E-state index in [4.69, 9.17) is 0 Å². The lowest BCUT2D eigenvalue weighted by Crippen LogP contribution is -2.29. The summed E-state index contributed by atoms with van der Waals surface area (Å²) in [7, 11) is -2.87. The minimum atomic E-state index is -2.87. The van der Waals surface area contributed by atoms with Crippen LogP contribution in [0.25, 0.3) is 0 Å². The average Bonchev–Trinajstić information content (AvgIpc) is 2.35. The van der Waals surface area contributed by atoms with E-state index in [1.807, 2.05) is 19.9 Å². The highest BCUT2D eigenvalue weighted by Gasteiger charge is 2.27. The van der Waals surface area contributed by atoms with Crippen LogP contribution in [-0.4, -0.2) is 36.4 Å². The minimum absolute atomic E-state index is 0.137. The molecule has 1 aromatic rings. The third-order valence-corrected chi connectivity index (χ3v) is 5.62. The van der Waals surface area contributed by atoms with Gasteiger partial charge in [-0.2, -0.15) is 0 Å².